The molecule has 0 spiro atoms. The monoisotopic (exact) mass is 316 g/mol. The van der Waals surface area contributed by atoms with Gasteiger partial charge in [-0.1, -0.05) is 24.3 Å². The summed E-state index contributed by atoms with van der Waals surface area (Å²) < 4.78 is 5.18. The van der Waals surface area contributed by atoms with Gasteiger partial charge in [0.25, 0.3) is 5.69 Å². The Balaban J connectivity index is 2.11. The van der Waals surface area contributed by atoms with Crippen molar-refractivity contribution in [2.24, 2.45) is 0 Å². The van der Waals surface area contributed by atoms with Crippen molar-refractivity contribution in [2.75, 3.05) is 13.7 Å². The van der Waals surface area contributed by atoms with Crippen molar-refractivity contribution in [3.8, 4) is 5.75 Å². The SMILES string of the molecule is COc1cccc(C(CO)NCc2ccc(C)c([N+](=O)[O-])c2)c1. The van der Waals surface area contributed by atoms with Crippen LogP contribution in [-0.4, -0.2) is 23.7 Å². The van der Waals surface area contributed by atoms with Gasteiger partial charge in [0, 0.05) is 18.2 Å². The second kappa shape index (κ2) is 7.71. The minimum absolute atomic E-state index is 0.0822. The second-order valence-electron chi connectivity index (χ2n) is 5.27. The zero-order chi connectivity index (χ0) is 16.8. The Morgan fingerprint density at radius 3 is 2.74 bits per heavy atom. The number of rotatable bonds is 7. The number of aliphatic hydroxyl groups is 1. The summed E-state index contributed by atoms with van der Waals surface area (Å²) in [5.74, 6) is 0.716. The van der Waals surface area contributed by atoms with Crippen LogP contribution in [0.1, 0.15) is 22.7 Å². The fraction of sp³-hybridized carbons (Fsp3) is 0.294. The molecule has 2 aromatic rings. The van der Waals surface area contributed by atoms with Crippen molar-refractivity contribution in [1.82, 2.24) is 5.32 Å². The number of nitrogens with zero attached hydrogens (tertiary/aromatic N) is 1. The molecule has 0 saturated carbocycles. The molecule has 0 aliphatic rings. The summed E-state index contributed by atoms with van der Waals surface area (Å²) in [5, 5.41) is 23.8. The Kier molecular flexibility index (Phi) is 5.67. The molecule has 6 nitrogen and oxygen atoms in total. The van der Waals surface area contributed by atoms with E-state index in [4.69, 9.17) is 4.74 Å². The van der Waals surface area contributed by atoms with Crippen molar-refractivity contribution in [1.29, 1.82) is 0 Å². The number of ether oxygens (including phenoxy) is 1. The van der Waals surface area contributed by atoms with Crippen LogP contribution in [0.2, 0.25) is 0 Å². The fourth-order valence-electron chi connectivity index (χ4n) is 2.35. The number of methoxy groups -OCH3 is 1. The number of hydrogen-bond donors (Lipinski definition) is 2. The summed E-state index contributed by atoms with van der Waals surface area (Å²) in [6.45, 7) is 2.05. The van der Waals surface area contributed by atoms with Crippen molar-refractivity contribution in [3.05, 3.63) is 69.3 Å². The molecule has 1 atom stereocenters. The van der Waals surface area contributed by atoms with Gasteiger partial charge in [0.1, 0.15) is 5.75 Å². The third kappa shape index (κ3) is 4.28. The lowest BCUT2D eigenvalue weighted by Gasteiger charge is -2.17. The molecule has 6 heteroatoms. The van der Waals surface area contributed by atoms with E-state index in [1.54, 1.807) is 26.2 Å². The number of nitro benzene ring substituents is 1. The van der Waals surface area contributed by atoms with Gasteiger partial charge < -0.3 is 15.2 Å². The molecule has 0 radical (unpaired) electrons. The van der Waals surface area contributed by atoms with Gasteiger partial charge in [-0.05, 0) is 30.2 Å². The highest BCUT2D eigenvalue weighted by Crippen LogP contribution is 2.21. The third-order valence-electron chi connectivity index (χ3n) is 3.70. The molecule has 0 aliphatic heterocycles. The number of aliphatic hydroxyl groups excluding tert-OH is 1. The van der Waals surface area contributed by atoms with Crippen LogP contribution in [0.3, 0.4) is 0 Å². The van der Waals surface area contributed by atoms with Gasteiger partial charge in [0.05, 0.1) is 24.7 Å². The van der Waals surface area contributed by atoms with Gasteiger partial charge in [0.2, 0.25) is 0 Å². The van der Waals surface area contributed by atoms with Crippen LogP contribution in [0.5, 0.6) is 5.75 Å². The normalized spacial score (nSPS) is 12.0. The molecule has 0 fully saturated rings. The Morgan fingerprint density at radius 2 is 2.09 bits per heavy atom. The van der Waals surface area contributed by atoms with Gasteiger partial charge >= 0.3 is 0 Å². The van der Waals surface area contributed by atoms with Gasteiger partial charge in [0.15, 0.2) is 0 Å². The van der Waals surface area contributed by atoms with E-state index in [9.17, 15) is 15.2 Å². The summed E-state index contributed by atoms with van der Waals surface area (Å²) in [6, 6.07) is 12.3. The lowest BCUT2D eigenvalue weighted by atomic mass is 10.1. The second-order valence-corrected chi connectivity index (χ2v) is 5.27. The maximum Gasteiger partial charge on any atom is 0.272 e. The van der Waals surface area contributed by atoms with Crippen LogP contribution in [0, 0.1) is 17.0 Å². The average molecular weight is 316 g/mol. The molecular weight excluding hydrogens is 296 g/mol. The zero-order valence-electron chi connectivity index (χ0n) is 13.2. The van der Waals surface area contributed by atoms with E-state index in [0.717, 1.165) is 11.1 Å². The maximum atomic E-state index is 11.0. The predicted molar refractivity (Wildman–Crippen MR) is 87.5 cm³/mol. The quantitative estimate of drug-likeness (QED) is 0.606. The molecule has 2 aromatic carbocycles. The molecule has 0 aliphatic carbocycles. The van der Waals surface area contributed by atoms with Crippen molar-refractivity contribution >= 4 is 5.69 Å². The fourth-order valence-corrected chi connectivity index (χ4v) is 2.35. The molecule has 0 bridgehead atoms. The van der Waals surface area contributed by atoms with E-state index in [-0.39, 0.29) is 23.3 Å². The highest BCUT2D eigenvalue weighted by Gasteiger charge is 2.13. The number of nitro groups is 1. The molecule has 0 aromatic heterocycles. The highest BCUT2D eigenvalue weighted by atomic mass is 16.6. The largest absolute Gasteiger partial charge is 0.497 e. The molecule has 1 unspecified atom stereocenters. The van der Waals surface area contributed by atoms with E-state index < -0.39 is 0 Å². The van der Waals surface area contributed by atoms with E-state index >= 15 is 0 Å². The molecule has 23 heavy (non-hydrogen) atoms. The molecule has 0 amide bonds. The number of aryl methyl sites for hydroxylation is 1. The van der Waals surface area contributed by atoms with Crippen LogP contribution in [-0.2, 0) is 6.54 Å². The van der Waals surface area contributed by atoms with Crippen molar-refractivity contribution in [3.63, 3.8) is 0 Å². The zero-order valence-corrected chi connectivity index (χ0v) is 13.2. The van der Waals surface area contributed by atoms with Gasteiger partial charge in [-0.2, -0.15) is 0 Å². The van der Waals surface area contributed by atoms with Crippen LogP contribution in [0.15, 0.2) is 42.5 Å². The van der Waals surface area contributed by atoms with Crippen LogP contribution < -0.4 is 10.1 Å². The number of benzene rings is 2. The van der Waals surface area contributed by atoms with Gasteiger partial charge in [-0.3, -0.25) is 10.1 Å². The minimum atomic E-state index is -0.385. The summed E-state index contributed by atoms with van der Waals surface area (Å²) >= 11 is 0. The lowest BCUT2D eigenvalue weighted by molar-refractivity contribution is -0.385. The highest BCUT2D eigenvalue weighted by molar-refractivity contribution is 5.42. The smallest absolute Gasteiger partial charge is 0.272 e. The number of nitrogens with one attached hydrogen (secondary N) is 1. The maximum absolute atomic E-state index is 11.0. The summed E-state index contributed by atoms with van der Waals surface area (Å²) in [6.07, 6.45) is 0. The molecule has 2 rings (SSSR count). The Hall–Kier alpha value is -2.44. The summed E-state index contributed by atoms with van der Waals surface area (Å²) in [5.41, 5.74) is 2.42. The standard InChI is InChI=1S/C17H20N2O4/c1-12-6-7-13(8-17(12)19(21)22)10-18-16(11-20)14-4-3-5-15(9-14)23-2/h3-9,16,18,20H,10-11H2,1-2H3. The molecule has 2 N–H and O–H groups in total. The summed E-state index contributed by atoms with van der Waals surface area (Å²) in [4.78, 5) is 10.6. The van der Waals surface area contributed by atoms with Crippen molar-refractivity contribution in [2.45, 2.75) is 19.5 Å². The molecule has 122 valence electrons. The summed E-state index contributed by atoms with van der Waals surface area (Å²) in [7, 11) is 1.59. The predicted octanol–water partition coefficient (Wildman–Crippen LogP) is 2.74. The molecular formula is C17H20N2O4. The minimum Gasteiger partial charge on any atom is -0.497 e. The lowest BCUT2D eigenvalue weighted by Crippen LogP contribution is -2.24. The first kappa shape index (κ1) is 16.9. The van der Waals surface area contributed by atoms with Gasteiger partial charge in [-0.15, -0.1) is 0 Å². The van der Waals surface area contributed by atoms with Crippen LogP contribution in [0.4, 0.5) is 5.69 Å². The van der Waals surface area contributed by atoms with E-state index in [2.05, 4.69) is 5.32 Å². The first-order valence-corrected chi connectivity index (χ1v) is 7.27. The average Bonchev–Trinajstić information content (AvgIpc) is 2.56. The van der Waals surface area contributed by atoms with E-state index in [0.29, 0.717) is 17.9 Å². The molecule has 0 heterocycles. The van der Waals surface area contributed by atoms with Crippen LogP contribution in [0.25, 0.3) is 0 Å². The van der Waals surface area contributed by atoms with Gasteiger partial charge in [-0.25, -0.2) is 0 Å². The first-order chi connectivity index (χ1) is 11.0. The molecule has 0 saturated heterocycles. The Bertz CT molecular complexity index is 688. The van der Waals surface area contributed by atoms with Crippen molar-refractivity contribution < 1.29 is 14.8 Å². The topological polar surface area (TPSA) is 84.6 Å². The first-order valence-electron chi connectivity index (χ1n) is 7.27. The third-order valence-corrected chi connectivity index (χ3v) is 3.70. The van der Waals surface area contributed by atoms with E-state index in [1.165, 1.54) is 0 Å². The van der Waals surface area contributed by atoms with Crippen LogP contribution >= 0.6 is 0 Å². The van der Waals surface area contributed by atoms with E-state index in [1.807, 2.05) is 30.3 Å². The number of hydrogen-bond acceptors (Lipinski definition) is 5. The Morgan fingerprint density at radius 1 is 1.30 bits per heavy atom. The Labute approximate surface area is 134 Å².